The second-order valence-electron chi connectivity index (χ2n) is 5.28. The second kappa shape index (κ2) is 5.87. The Bertz CT molecular complexity index is 634. The number of nitrogens with zero attached hydrogens (tertiary/aromatic N) is 2. The maximum atomic E-state index is 13.2. The first-order valence-corrected chi connectivity index (χ1v) is 7.45. The van der Waals surface area contributed by atoms with E-state index in [0.717, 1.165) is 18.2 Å². The van der Waals surface area contributed by atoms with E-state index in [9.17, 15) is 12.8 Å². The first-order chi connectivity index (χ1) is 9.10. The van der Waals surface area contributed by atoms with Gasteiger partial charge in [0.15, 0.2) is 0 Å². The van der Waals surface area contributed by atoms with E-state index in [1.54, 1.807) is 6.07 Å². The average Bonchev–Trinajstić information content (AvgIpc) is 2.37. The molecule has 0 amide bonds. The predicted molar refractivity (Wildman–Crippen MR) is 74.1 cm³/mol. The fraction of sp³-hybridized carbons (Fsp3) is 0.462. The zero-order valence-corrected chi connectivity index (χ0v) is 12.8. The number of hydrogen-bond acceptors (Lipinski definition) is 4. The van der Waals surface area contributed by atoms with Crippen molar-refractivity contribution in [2.45, 2.75) is 24.3 Å². The van der Waals surface area contributed by atoms with Crippen LogP contribution in [0.25, 0.3) is 0 Å². The van der Waals surface area contributed by atoms with Gasteiger partial charge in [0.25, 0.3) is 0 Å². The van der Waals surface area contributed by atoms with E-state index < -0.39 is 15.8 Å². The first-order valence-electron chi connectivity index (χ1n) is 5.97. The Morgan fingerprint density at radius 3 is 2.50 bits per heavy atom. The highest BCUT2D eigenvalue weighted by Crippen LogP contribution is 2.16. The quantitative estimate of drug-likeness (QED) is 0.890. The van der Waals surface area contributed by atoms with Crippen molar-refractivity contribution < 1.29 is 12.8 Å². The summed E-state index contributed by atoms with van der Waals surface area (Å²) < 4.78 is 39.9. The van der Waals surface area contributed by atoms with E-state index in [1.807, 2.05) is 32.8 Å². The molecule has 20 heavy (non-hydrogen) atoms. The van der Waals surface area contributed by atoms with E-state index >= 15 is 0 Å². The van der Waals surface area contributed by atoms with Crippen molar-refractivity contribution in [3.63, 3.8) is 0 Å². The molecule has 0 radical (unpaired) electrons. The zero-order chi connectivity index (χ0) is 15.6. The third-order valence-electron chi connectivity index (χ3n) is 3.27. The summed E-state index contributed by atoms with van der Waals surface area (Å²) >= 11 is 0. The highest BCUT2D eigenvalue weighted by molar-refractivity contribution is 7.89. The van der Waals surface area contributed by atoms with Crippen LogP contribution in [0.5, 0.6) is 0 Å². The highest BCUT2D eigenvalue weighted by atomic mass is 32.2. The van der Waals surface area contributed by atoms with Gasteiger partial charge in [-0.2, -0.15) is 5.26 Å². The summed E-state index contributed by atoms with van der Waals surface area (Å²) in [5.74, 6) is -0.736. The van der Waals surface area contributed by atoms with Gasteiger partial charge >= 0.3 is 0 Å². The monoisotopic (exact) mass is 299 g/mol. The second-order valence-corrected chi connectivity index (χ2v) is 7.05. The molecule has 1 aromatic carbocycles. The standard InChI is InChI=1S/C13H18FN3O2S/c1-13(2,17(3)4)9-16-20(18,19)11-5-6-12(14)10(7-11)8-15/h5-7,16H,9H2,1-4H3. The van der Waals surface area contributed by atoms with Crippen LogP contribution in [0.2, 0.25) is 0 Å². The molecule has 1 rings (SSSR count). The summed E-state index contributed by atoms with van der Waals surface area (Å²) in [6, 6.07) is 4.77. The maximum Gasteiger partial charge on any atom is 0.240 e. The van der Waals surface area contributed by atoms with Crippen LogP contribution in [-0.4, -0.2) is 39.5 Å². The Hall–Kier alpha value is -1.49. The van der Waals surface area contributed by atoms with Gasteiger partial charge < -0.3 is 4.90 Å². The molecule has 0 aliphatic carbocycles. The van der Waals surface area contributed by atoms with Crippen LogP contribution in [-0.2, 0) is 10.0 Å². The largest absolute Gasteiger partial charge is 0.303 e. The molecule has 0 aromatic heterocycles. The van der Waals surface area contributed by atoms with Gasteiger partial charge in [-0.15, -0.1) is 0 Å². The molecule has 0 aliphatic heterocycles. The number of likely N-dealkylation sites (N-methyl/N-ethyl adjacent to an activating group) is 1. The van der Waals surface area contributed by atoms with Crippen molar-refractivity contribution >= 4 is 10.0 Å². The van der Waals surface area contributed by atoms with E-state index in [0.29, 0.717) is 0 Å². The topological polar surface area (TPSA) is 73.2 Å². The van der Waals surface area contributed by atoms with Gasteiger partial charge in [0.2, 0.25) is 10.0 Å². The zero-order valence-electron chi connectivity index (χ0n) is 11.9. The Morgan fingerprint density at radius 1 is 1.40 bits per heavy atom. The minimum Gasteiger partial charge on any atom is -0.303 e. The van der Waals surface area contributed by atoms with Crippen molar-refractivity contribution in [2.75, 3.05) is 20.6 Å². The molecular formula is C13H18FN3O2S. The third-order valence-corrected chi connectivity index (χ3v) is 4.67. The lowest BCUT2D eigenvalue weighted by atomic mass is 10.1. The van der Waals surface area contributed by atoms with E-state index in [1.165, 1.54) is 0 Å². The van der Waals surface area contributed by atoms with Gasteiger partial charge in [0, 0.05) is 12.1 Å². The molecule has 1 N–H and O–H groups in total. The van der Waals surface area contributed by atoms with Gasteiger partial charge in [-0.05, 0) is 46.1 Å². The van der Waals surface area contributed by atoms with Crippen LogP contribution < -0.4 is 4.72 Å². The summed E-state index contributed by atoms with van der Waals surface area (Å²) in [4.78, 5) is 1.77. The Balaban J connectivity index is 2.99. The molecule has 110 valence electrons. The van der Waals surface area contributed by atoms with Crippen LogP contribution in [0.3, 0.4) is 0 Å². The van der Waals surface area contributed by atoms with Gasteiger partial charge in [-0.25, -0.2) is 17.5 Å². The number of rotatable bonds is 5. The predicted octanol–water partition coefficient (Wildman–Crippen LogP) is 1.32. The number of sulfonamides is 1. The molecule has 0 saturated carbocycles. The highest BCUT2D eigenvalue weighted by Gasteiger charge is 2.24. The van der Waals surface area contributed by atoms with Crippen molar-refractivity contribution in [3.05, 3.63) is 29.6 Å². The van der Waals surface area contributed by atoms with E-state index in [2.05, 4.69) is 4.72 Å². The molecule has 0 aliphatic rings. The molecule has 5 nitrogen and oxygen atoms in total. The summed E-state index contributed by atoms with van der Waals surface area (Å²) in [5.41, 5.74) is -0.662. The Labute approximate surface area is 119 Å². The molecule has 1 aromatic rings. The molecule has 7 heteroatoms. The minimum absolute atomic E-state index is 0.120. The number of nitriles is 1. The molecule has 0 bridgehead atoms. The van der Waals surface area contributed by atoms with Crippen molar-refractivity contribution in [2.24, 2.45) is 0 Å². The fourth-order valence-electron chi connectivity index (χ4n) is 1.27. The third kappa shape index (κ3) is 3.76. The van der Waals surface area contributed by atoms with Crippen LogP contribution in [0.1, 0.15) is 19.4 Å². The molecule has 0 spiro atoms. The molecule has 0 atom stereocenters. The Kier molecular flexibility index (Phi) is 4.86. The van der Waals surface area contributed by atoms with Gasteiger partial charge in [-0.3, -0.25) is 0 Å². The van der Waals surface area contributed by atoms with Gasteiger partial charge in [0.1, 0.15) is 11.9 Å². The summed E-state index contributed by atoms with van der Waals surface area (Å²) in [6.45, 7) is 3.98. The summed E-state index contributed by atoms with van der Waals surface area (Å²) in [5, 5.41) is 8.73. The number of nitrogens with one attached hydrogen (secondary N) is 1. The van der Waals surface area contributed by atoms with E-state index in [4.69, 9.17) is 5.26 Å². The van der Waals surface area contributed by atoms with Gasteiger partial charge in [0.05, 0.1) is 10.5 Å². The maximum absolute atomic E-state index is 13.2. The van der Waals surface area contributed by atoms with Crippen LogP contribution in [0, 0.1) is 17.1 Å². The lowest BCUT2D eigenvalue weighted by Gasteiger charge is -2.32. The van der Waals surface area contributed by atoms with Crippen LogP contribution in [0.15, 0.2) is 23.1 Å². The SMILES string of the molecule is CN(C)C(C)(C)CNS(=O)(=O)c1ccc(F)c(C#N)c1. The summed E-state index contributed by atoms with van der Waals surface area (Å²) in [7, 11) is -0.0764. The normalized spacial score (nSPS) is 12.4. The Morgan fingerprint density at radius 2 is 2.00 bits per heavy atom. The molecular weight excluding hydrogens is 281 g/mol. The number of benzene rings is 1. The fourth-order valence-corrected chi connectivity index (χ4v) is 2.50. The number of hydrogen-bond donors (Lipinski definition) is 1. The minimum atomic E-state index is -3.77. The van der Waals surface area contributed by atoms with E-state index in [-0.39, 0.29) is 22.5 Å². The first kappa shape index (κ1) is 16.6. The van der Waals surface area contributed by atoms with Crippen LogP contribution in [0.4, 0.5) is 4.39 Å². The van der Waals surface area contributed by atoms with Gasteiger partial charge in [-0.1, -0.05) is 0 Å². The van der Waals surface area contributed by atoms with Crippen molar-refractivity contribution in [1.29, 1.82) is 5.26 Å². The smallest absolute Gasteiger partial charge is 0.240 e. The van der Waals surface area contributed by atoms with Crippen molar-refractivity contribution in [3.8, 4) is 6.07 Å². The van der Waals surface area contributed by atoms with Crippen LogP contribution >= 0.6 is 0 Å². The number of halogens is 1. The molecule has 0 fully saturated rings. The molecule has 0 saturated heterocycles. The lowest BCUT2D eigenvalue weighted by molar-refractivity contribution is 0.199. The van der Waals surface area contributed by atoms with Crippen molar-refractivity contribution in [1.82, 2.24) is 9.62 Å². The molecule has 0 unspecified atom stereocenters. The average molecular weight is 299 g/mol. The molecule has 0 heterocycles. The lowest BCUT2D eigenvalue weighted by Crippen LogP contribution is -2.48. The summed E-state index contributed by atoms with van der Waals surface area (Å²) in [6.07, 6.45) is 0.